The average Bonchev–Trinajstić information content (AvgIpc) is 3.36. The minimum atomic E-state index is -3.55. The second-order valence-corrected chi connectivity index (χ2v) is 13.7. The third kappa shape index (κ3) is 6.32. The summed E-state index contributed by atoms with van der Waals surface area (Å²) in [6, 6.07) is 3.70. The van der Waals surface area contributed by atoms with E-state index in [9.17, 15) is 14.5 Å². The Morgan fingerprint density at radius 2 is 1.88 bits per heavy atom. The Bertz CT molecular complexity index is 1500. The molecule has 0 aliphatic heterocycles. The van der Waals surface area contributed by atoms with Gasteiger partial charge in [0.15, 0.2) is 11.5 Å². The number of pyridine rings is 1. The van der Waals surface area contributed by atoms with E-state index in [1.807, 2.05) is 10.6 Å². The number of carbonyl (C=O) groups is 2. The summed E-state index contributed by atoms with van der Waals surface area (Å²) in [5.74, 6) is -0.215. The maximum absolute atomic E-state index is 12.0. The molecule has 226 valence electrons. The minimum Gasteiger partial charge on any atom is -0.466 e. The van der Waals surface area contributed by atoms with Gasteiger partial charge in [-0.15, -0.1) is 0 Å². The fourth-order valence-electron chi connectivity index (χ4n) is 6.17. The van der Waals surface area contributed by atoms with Crippen molar-refractivity contribution in [3.05, 3.63) is 42.2 Å². The van der Waals surface area contributed by atoms with Crippen LogP contribution in [0.15, 0.2) is 31.0 Å². The van der Waals surface area contributed by atoms with Gasteiger partial charge in [-0.05, 0) is 71.9 Å². The summed E-state index contributed by atoms with van der Waals surface area (Å²) in [4.78, 5) is 51.2. The highest BCUT2D eigenvalue weighted by atomic mass is 32.5. The molecule has 1 unspecified atom stereocenters. The van der Waals surface area contributed by atoms with Crippen LogP contribution in [0.1, 0.15) is 61.1 Å². The van der Waals surface area contributed by atoms with E-state index in [1.165, 1.54) is 20.4 Å². The number of anilines is 1. The molecular formula is C27H35N6O7PS. The van der Waals surface area contributed by atoms with Gasteiger partial charge in [-0.3, -0.25) is 4.79 Å². The number of nitrogens with two attached hydrogens (primary N) is 1. The number of rotatable bonds is 12. The Labute approximate surface area is 248 Å². The summed E-state index contributed by atoms with van der Waals surface area (Å²) in [6.45, 7) is 0.539. The van der Waals surface area contributed by atoms with Gasteiger partial charge in [0.25, 0.3) is 0 Å². The quantitative estimate of drug-likeness (QED) is 0.223. The van der Waals surface area contributed by atoms with Crippen molar-refractivity contribution < 1.29 is 33.0 Å². The summed E-state index contributed by atoms with van der Waals surface area (Å²) in [5.41, 5.74) is 8.32. The zero-order valence-electron chi connectivity index (χ0n) is 23.7. The molecule has 3 aromatic heterocycles. The second kappa shape index (κ2) is 12.7. The molecule has 0 aromatic carbocycles. The lowest BCUT2D eigenvalue weighted by molar-refractivity contribution is -0.145. The summed E-state index contributed by atoms with van der Waals surface area (Å²) < 4.78 is 23.8. The summed E-state index contributed by atoms with van der Waals surface area (Å²) in [5, 5.41) is 0. The monoisotopic (exact) mass is 618 g/mol. The third-order valence-corrected chi connectivity index (χ3v) is 10.1. The van der Waals surface area contributed by atoms with Crippen molar-refractivity contribution in [1.29, 1.82) is 0 Å². The number of ether oxygens (including phenoxy) is 2. The van der Waals surface area contributed by atoms with Crippen molar-refractivity contribution >= 4 is 47.4 Å². The number of aromatic nitrogens is 5. The van der Waals surface area contributed by atoms with Gasteiger partial charge in [-0.25, -0.2) is 24.7 Å². The van der Waals surface area contributed by atoms with Gasteiger partial charge in [-0.2, -0.15) is 0 Å². The number of imidazole rings is 1. The summed E-state index contributed by atoms with van der Waals surface area (Å²) >= 11 is 5.38. The maximum atomic E-state index is 12.0. The van der Waals surface area contributed by atoms with E-state index in [0.29, 0.717) is 23.4 Å². The Hall–Kier alpha value is -3.03. The molecule has 0 amide bonds. The number of nitrogens with zero attached hydrogens (tertiary/aromatic N) is 5. The lowest BCUT2D eigenvalue weighted by atomic mass is 9.63. The van der Waals surface area contributed by atoms with Crippen molar-refractivity contribution in [1.82, 2.24) is 24.5 Å². The van der Waals surface area contributed by atoms with Crippen molar-refractivity contribution in [3.8, 4) is 0 Å². The van der Waals surface area contributed by atoms with Crippen LogP contribution in [0.25, 0.3) is 11.2 Å². The first-order valence-electron chi connectivity index (χ1n) is 13.8. The Morgan fingerprint density at radius 1 is 1.12 bits per heavy atom. The fourth-order valence-corrected chi connectivity index (χ4v) is 7.35. The molecule has 0 spiro atoms. The van der Waals surface area contributed by atoms with Crippen molar-refractivity contribution in [2.75, 3.05) is 32.7 Å². The van der Waals surface area contributed by atoms with E-state index in [0.717, 1.165) is 18.4 Å². The van der Waals surface area contributed by atoms with E-state index < -0.39 is 12.7 Å². The van der Waals surface area contributed by atoms with Crippen LogP contribution in [0, 0.1) is 23.7 Å². The lowest BCUT2D eigenvalue weighted by Gasteiger charge is -2.46. The average molecular weight is 619 g/mol. The molecule has 2 saturated carbocycles. The van der Waals surface area contributed by atoms with Gasteiger partial charge >= 0.3 is 18.7 Å². The molecule has 2 aliphatic rings. The number of nitrogen functional groups attached to an aromatic ring is 1. The molecule has 5 rings (SSSR count). The zero-order valence-corrected chi connectivity index (χ0v) is 25.4. The van der Waals surface area contributed by atoms with E-state index >= 15 is 0 Å². The number of hydrogen-bond acceptors (Lipinski definition) is 12. The minimum absolute atomic E-state index is 0.00310. The first-order chi connectivity index (χ1) is 20.1. The number of methoxy groups -OCH3 is 1. The molecule has 3 N–H and O–H groups in total. The van der Waals surface area contributed by atoms with Crippen LogP contribution in [0.4, 0.5) is 5.82 Å². The molecule has 2 fully saturated rings. The summed E-state index contributed by atoms with van der Waals surface area (Å²) in [6.07, 6.45) is 7.16. The van der Waals surface area contributed by atoms with Gasteiger partial charge in [0.05, 0.1) is 33.3 Å². The molecule has 13 nitrogen and oxygen atoms in total. The molecule has 0 bridgehead atoms. The van der Waals surface area contributed by atoms with Crippen LogP contribution in [0.5, 0.6) is 0 Å². The normalized spacial score (nSPS) is 26.6. The first kappa shape index (κ1) is 30.4. The molecule has 15 heteroatoms. The molecule has 3 aromatic rings. The predicted molar refractivity (Wildman–Crippen MR) is 156 cm³/mol. The summed E-state index contributed by atoms with van der Waals surface area (Å²) in [7, 11) is 1.30. The van der Waals surface area contributed by atoms with Crippen LogP contribution in [-0.4, -0.2) is 68.3 Å². The zero-order chi connectivity index (χ0) is 30.0. The molecule has 0 radical (unpaired) electrons. The smallest absolute Gasteiger partial charge is 0.356 e. The molecule has 0 saturated heterocycles. The molecule has 2 aliphatic carbocycles. The number of fused-ring (bicyclic) bond motifs is 1. The van der Waals surface area contributed by atoms with Crippen LogP contribution < -0.4 is 5.73 Å². The Kier molecular flexibility index (Phi) is 9.19. The largest absolute Gasteiger partial charge is 0.466 e. The first-order valence-corrected chi connectivity index (χ1v) is 16.4. The van der Waals surface area contributed by atoms with Crippen molar-refractivity contribution in [2.24, 2.45) is 23.7 Å². The van der Waals surface area contributed by atoms with E-state index in [-0.39, 0.29) is 67.1 Å². The Morgan fingerprint density at radius 3 is 2.62 bits per heavy atom. The highest BCUT2D eigenvalue weighted by Gasteiger charge is 2.45. The van der Waals surface area contributed by atoms with Crippen LogP contribution >= 0.6 is 6.72 Å². The van der Waals surface area contributed by atoms with Gasteiger partial charge < -0.3 is 33.7 Å². The van der Waals surface area contributed by atoms with E-state index in [2.05, 4.69) is 26.9 Å². The van der Waals surface area contributed by atoms with Gasteiger partial charge in [0, 0.05) is 19.2 Å². The number of esters is 2. The second-order valence-electron chi connectivity index (χ2n) is 10.8. The maximum Gasteiger partial charge on any atom is 0.356 e. The molecule has 7 atom stereocenters. The molecule has 42 heavy (non-hydrogen) atoms. The van der Waals surface area contributed by atoms with Gasteiger partial charge in [-0.1, -0.05) is 13.3 Å². The topological polar surface area (TPSA) is 174 Å². The van der Waals surface area contributed by atoms with Gasteiger partial charge in [0.1, 0.15) is 17.5 Å². The SMILES string of the molecule is CC[C@@H]1[C@@H](COP(O)(=S)OC[C@@H]2[C@@H](COC(C)=O)C[C@H]2c2ccnc(C(=O)OC)c2)C[C@H]1n1cnc2c(N)ncnc21. The van der Waals surface area contributed by atoms with Crippen molar-refractivity contribution in [2.45, 2.75) is 45.1 Å². The standard InChI is InChI=1S/C27H35N6O7PS/c1-4-19-18(9-23(19)33-14-32-24-25(28)30-13-31-26(24)33)11-39-41(36,42)40-12-21-17(10-38-15(2)34)7-20(21)16-5-6-29-22(8-16)27(35)37-3/h5-6,8,13-14,17-21,23H,4,7,9-12H2,1-3H3,(H,36,42)(H2,28,30,31)/t17-,18-,19-,20+,21-,23-,41?/m1/s1. The van der Waals surface area contributed by atoms with Gasteiger partial charge in [0.2, 0.25) is 0 Å². The lowest BCUT2D eigenvalue weighted by Crippen LogP contribution is -2.41. The third-order valence-electron chi connectivity index (χ3n) is 8.53. The van der Waals surface area contributed by atoms with Crippen molar-refractivity contribution in [3.63, 3.8) is 0 Å². The van der Waals surface area contributed by atoms with E-state index in [4.69, 9.17) is 36.1 Å². The van der Waals surface area contributed by atoms with Crippen LogP contribution in [0.3, 0.4) is 0 Å². The highest BCUT2D eigenvalue weighted by molar-refractivity contribution is 8.07. The van der Waals surface area contributed by atoms with Crippen LogP contribution in [0.2, 0.25) is 0 Å². The molecular weight excluding hydrogens is 583 g/mol. The highest BCUT2D eigenvalue weighted by Crippen LogP contribution is 2.54. The number of carbonyl (C=O) groups excluding carboxylic acids is 2. The molecule has 3 heterocycles. The number of hydrogen-bond donors (Lipinski definition) is 2. The predicted octanol–water partition coefficient (Wildman–Crippen LogP) is 3.41. The van der Waals surface area contributed by atoms with Crippen LogP contribution in [-0.2, 0) is 35.1 Å². The Balaban J connectivity index is 1.19. The fraction of sp³-hybridized carbons (Fsp3) is 0.556. The van der Waals surface area contributed by atoms with E-state index in [1.54, 1.807) is 18.6 Å².